The minimum absolute atomic E-state index is 0.0985. The Hall–Kier alpha value is -3.78. The smallest absolute Gasteiger partial charge is 0.338 e. The number of ether oxygens (including phenoxy) is 2. The largest absolute Gasteiger partial charge is 0.484 e. The first-order chi connectivity index (χ1) is 16.0. The summed E-state index contributed by atoms with van der Waals surface area (Å²) >= 11 is 1.35. The highest BCUT2D eigenvalue weighted by Gasteiger charge is 2.09. The minimum Gasteiger partial charge on any atom is -0.484 e. The van der Waals surface area contributed by atoms with Crippen molar-refractivity contribution in [3.05, 3.63) is 84.4 Å². The summed E-state index contributed by atoms with van der Waals surface area (Å²) in [6, 6.07) is 22.9. The summed E-state index contributed by atoms with van der Waals surface area (Å²) in [5, 5.41) is 5.58. The van der Waals surface area contributed by atoms with Gasteiger partial charge in [-0.15, -0.1) is 11.8 Å². The number of esters is 1. The van der Waals surface area contributed by atoms with Crippen LogP contribution in [0.2, 0.25) is 0 Å². The van der Waals surface area contributed by atoms with Gasteiger partial charge in [0.2, 0.25) is 5.91 Å². The van der Waals surface area contributed by atoms with Crippen molar-refractivity contribution in [2.75, 3.05) is 29.6 Å². The molecule has 0 atom stereocenters. The Balaban J connectivity index is 1.45. The molecule has 0 aliphatic heterocycles. The van der Waals surface area contributed by atoms with Crippen molar-refractivity contribution in [1.29, 1.82) is 0 Å². The number of amides is 2. The van der Waals surface area contributed by atoms with E-state index in [1.165, 1.54) is 11.8 Å². The van der Waals surface area contributed by atoms with Gasteiger partial charge in [0.25, 0.3) is 5.91 Å². The van der Waals surface area contributed by atoms with Gasteiger partial charge in [-0.3, -0.25) is 9.59 Å². The van der Waals surface area contributed by atoms with Crippen LogP contribution in [0.3, 0.4) is 0 Å². The molecule has 0 unspecified atom stereocenters. The van der Waals surface area contributed by atoms with Gasteiger partial charge in [-0.1, -0.05) is 24.3 Å². The SMILES string of the molecule is CCOC(=O)c1ccc(NC(=O)CSc2cccc(NC(=O)COc3ccccc3)c2)cc1. The van der Waals surface area contributed by atoms with E-state index < -0.39 is 5.97 Å². The molecule has 0 aromatic heterocycles. The third kappa shape index (κ3) is 8.01. The quantitative estimate of drug-likeness (QED) is 0.336. The van der Waals surface area contributed by atoms with Crippen LogP contribution in [0, 0.1) is 0 Å². The predicted molar refractivity (Wildman–Crippen MR) is 129 cm³/mol. The molecule has 0 bridgehead atoms. The highest BCUT2D eigenvalue weighted by atomic mass is 32.2. The average Bonchev–Trinajstić information content (AvgIpc) is 2.83. The Bertz CT molecular complexity index is 1090. The zero-order chi connectivity index (χ0) is 23.5. The van der Waals surface area contributed by atoms with E-state index in [0.717, 1.165) is 4.90 Å². The number of thioether (sulfide) groups is 1. The van der Waals surface area contributed by atoms with Gasteiger partial charge in [0, 0.05) is 16.3 Å². The number of benzene rings is 3. The Kier molecular flexibility index (Phi) is 8.90. The maximum atomic E-state index is 12.3. The first-order valence-corrected chi connectivity index (χ1v) is 11.3. The second kappa shape index (κ2) is 12.3. The molecule has 0 aliphatic carbocycles. The molecule has 3 aromatic rings. The lowest BCUT2D eigenvalue weighted by Crippen LogP contribution is -2.20. The van der Waals surface area contributed by atoms with Crippen LogP contribution in [0.4, 0.5) is 11.4 Å². The highest BCUT2D eigenvalue weighted by Crippen LogP contribution is 2.22. The zero-order valence-corrected chi connectivity index (χ0v) is 18.9. The molecule has 0 saturated carbocycles. The van der Waals surface area contributed by atoms with Gasteiger partial charge in [-0.25, -0.2) is 4.79 Å². The van der Waals surface area contributed by atoms with Crippen molar-refractivity contribution in [3.8, 4) is 5.75 Å². The van der Waals surface area contributed by atoms with Crippen molar-refractivity contribution in [1.82, 2.24) is 0 Å². The fourth-order valence-electron chi connectivity index (χ4n) is 2.78. The van der Waals surface area contributed by atoms with Crippen LogP contribution >= 0.6 is 11.8 Å². The van der Waals surface area contributed by atoms with E-state index in [0.29, 0.717) is 29.3 Å². The first-order valence-electron chi connectivity index (χ1n) is 10.3. The van der Waals surface area contributed by atoms with Gasteiger partial charge in [0.15, 0.2) is 6.61 Å². The molecular weight excluding hydrogens is 440 g/mol. The molecule has 170 valence electrons. The molecule has 0 saturated heterocycles. The summed E-state index contributed by atoms with van der Waals surface area (Å²) in [4.78, 5) is 36.9. The lowest BCUT2D eigenvalue weighted by atomic mass is 10.2. The third-order valence-corrected chi connectivity index (χ3v) is 5.27. The second-order valence-corrected chi connectivity index (χ2v) is 7.86. The van der Waals surface area contributed by atoms with Crippen molar-refractivity contribution < 1.29 is 23.9 Å². The first kappa shape index (κ1) is 23.9. The van der Waals surface area contributed by atoms with Crippen LogP contribution in [0.25, 0.3) is 0 Å². The highest BCUT2D eigenvalue weighted by molar-refractivity contribution is 8.00. The molecule has 3 aromatic carbocycles. The number of anilines is 2. The van der Waals surface area contributed by atoms with Crippen LogP contribution in [0.15, 0.2) is 83.8 Å². The Morgan fingerprint density at radius 1 is 0.818 bits per heavy atom. The van der Waals surface area contributed by atoms with E-state index in [2.05, 4.69) is 10.6 Å². The lowest BCUT2D eigenvalue weighted by molar-refractivity contribution is -0.118. The molecule has 7 nitrogen and oxygen atoms in total. The van der Waals surface area contributed by atoms with E-state index in [-0.39, 0.29) is 24.2 Å². The van der Waals surface area contributed by atoms with E-state index in [9.17, 15) is 14.4 Å². The van der Waals surface area contributed by atoms with Crippen LogP contribution in [0.5, 0.6) is 5.75 Å². The van der Waals surface area contributed by atoms with Gasteiger partial charge in [0.05, 0.1) is 17.9 Å². The molecular formula is C25H24N2O5S. The number of carbonyl (C=O) groups excluding carboxylic acids is 3. The van der Waals surface area contributed by atoms with Crippen LogP contribution < -0.4 is 15.4 Å². The maximum absolute atomic E-state index is 12.3. The molecule has 33 heavy (non-hydrogen) atoms. The van der Waals surface area contributed by atoms with Gasteiger partial charge in [-0.2, -0.15) is 0 Å². The van der Waals surface area contributed by atoms with E-state index in [4.69, 9.17) is 9.47 Å². The maximum Gasteiger partial charge on any atom is 0.338 e. The molecule has 0 aliphatic rings. The van der Waals surface area contributed by atoms with E-state index >= 15 is 0 Å². The summed E-state index contributed by atoms with van der Waals surface area (Å²) in [6.45, 7) is 1.95. The third-order valence-electron chi connectivity index (χ3n) is 4.28. The number of nitrogens with one attached hydrogen (secondary N) is 2. The predicted octanol–water partition coefficient (Wildman–Crippen LogP) is 4.61. The molecule has 0 fully saturated rings. The Morgan fingerprint density at radius 3 is 2.27 bits per heavy atom. The summed E-state index contributed by atoms with van der Waals surface area (Å²) in [6.07, 6.45) is 0. The second-order valence-electron chi connectivity index (χ2n) is 6.81. The summed E-state index contributed by atoms with van der Waals surface area (Å²) in [5.41, 5.74) is 1.64. The monoisotopic (exact) mass is 464 g/mol. The van der Waals surface area contributed by atoms with Gasteiger partial charge < -0.3 is 20.1 Å². The number of carbonyl (C=O) groups is 3. The lowest BCUT2D eigenvalue weighted by Gasteiger charge is -2.09. The molecule has 8 heteroatoms. The average molecular weight is 465 g/mol. The standard InChI is InChI=1S/C25H24N2O5S/c1-2-31-25(30)18-11-13-19(14-12-18)26-24(29)17-33-22-10-6-7-20(15-22)27-23(28)16-32-21-8-4-3-5-9-21/h3-15H,2,16-17H2,1H3,(H,26,29)(H,27,28). The van der Waals surface area contributed by atoms with Gasteiger partial charge in [-0.05, 0) is 61.5 Å². The molecule has 3 rings (SSSR count). The number of hydrogen-bond acceptors (Lipinski definition) is 6. The van der Waals surface area contributed by atoms with Crippen LogP contribution in [-0.2, 0) is 14.3 Å². The van der Waals surface area contributed by atoms with Gasteiger partial charge >= 0.3 is 5.97 Å². The molecule has 0 radical (unpaired) electrons. The van der Waals surface area contributed by atoms with Crippen molar-refractivity contribution in [3.63, 3.8) is 0 Å². The molecule has 0 spiro atoms. The fourth-order valence-corrected chi connectivity index (χ4v) is 3.53. The number of rotatable bonds is 10. The molecule has 2 N–H and O–H groups in total. The van der Waals surface area contributed by atoms with Gasteiger partial charge in [0.1, 0.15) is 5.75 Å². The normalized spacial score (nSPS) is 10.2. The van der Waals surface area contributed by atoms with Crippen LogP contribution in [0.1, 0.15) is 17.3 Å². The Morgan fingerprint density at radius 2 is 1.55 bits per heavy atom. The Labute approximate surface area is 196 Å². The van der Waals surface area contributed by atoms with Crippen molar-refractivity contribution in [2.45, 2.75) is 11.8 Å². The summed E-state index contributed by atoms with van der Waals surface area (Å²) in [5.74, 6) is -0.0450. The number of hydrogen-bond donors (Lipinski definition) is 2. The van der Waals surface area contributed by atoms with Crippen molar-refractivity contribution in [2.24, 2.45) is 0 Å². The molecule has 2 amide bonds. The van der Waals surface area contributed by atoms with Crippen LogP contribution in [-0.4, -0.2) is 36.8 Å². The zero-order valence-electron chi connectivity index (χ0n) is 18.1. The minimum atomic E-state index is -0.399. The van der Waals surface area contributed by atoms with Crippen molar-refractivity contribution >= 4 is 40.9 Å². The topological polar surface area (TPSA) is 93.7 Å². The van der Waals surface area contributed by atoms with E-state index in [1.807, 2.05) is 30.3 Å². The fraction of sp³-hybridized carbons (Fsp3) is 0.160. The summed E-state index contributed by atoms with van der Waals surface area (Å²) < 4.78 is 10.4. The van der Waals surface area contributed by atoms with E-state index in [1.54, 1.807) is 55.5 Å². The molecule has 0 heterocycles. The summed E-state index contributed by atoms with van der Waals surface area (Å²) in [7, 11) is 0. The number of para-hydroxylation sites is 1.